The summed E-state index contributed by atoms with van der Waals surface area (Å²) in [7, 11) is 0. The number of carboxylic acids is 1. The van der Waals surface area contributed by atoms with E-state index in [1.54, 1.807) is 0 Å². The summed E-state index contributed by atoms with van der Waals surface area (Å²) in [5, 5.41) is 8.80. The van der Waals surface area contributed by atoms with Crippen molar-refractivity contribution in [3.8, 4) is 0 Å². The summed E-state index contributed by atoms with van der Waals surface area (Å²) in [6, 6.07) is 7.44. The molecule has 3 N–H and O–H groups in total. The normalized spacial score (nSPS) is 18.2. The van der Waals surface area contributed by atoms with Crippen molar-refractivity contribution in [2.24, 2.45) is 5.73 Å². The second-order valence-corrected chi connectivity index (χ2v) is 4.88. The molecule has 3 heteroatoms. The fourth-order valence-electron chi connectivity index (χ4n) is 2.57. The van der Waals surface area contributed by atoms with Crippen molar-refractivity contribution in [2.75, 3.05) is 0 Å². The van der Waals surface area contributed by atoms with Gasteiger partial charge >= 0.3 is 5.97 Å². The molecule has 0 spiro atoms. The lowest BCUT2D eigenvalue weighted by atomic mass is 9.94. The SMILES string of the molecule is NC(Cc1cccc(C2CCCC2)c1)C(=O)O. The smallest absolute Gasteiger partial charge is 0.320 e. The molecular weight excluding hydrogens is 214 g/mol. The maximum Gasteiger partial charge on any atom is 0.320 e. The summed E-state index contributed by atoms with van der Waals surface area (Å²) in [6.45, 7) is 0. The Kier molecular flexibility index (Phi) is 3.79. The minimum Gasteiger partial charge on any atom is -0.480 e. The third-order valence-electron chi connectivity index (χ3n) is 3.55. The molecule has 2 rings (SSSR count). The topological polar surface area (TPSA) is 63.3 Å². The van der Waals surface area contributed by atoms with Crippen molar-refractivity contribution < 1.29 is 9.90 Å². The molecule has 17 heavy (non-hydrogen) atoms. The predicted molar refractivity (Wildman–Crippen MR) is 67.0 cm³/mol. The number of hydrogen-bond donors (Lipinski definition) is 2. The molecule has 1 aliphatic rings. The molecule has 1 saturated carbocycles. The van der Waals surface area contributed by atoms with Crippen molar-refractivity contribution in [3.63, 3.8) is 0 Å². The summed E-state index contributed by atoms with van der Waals surface area (Å²) < 4.78 is 0. The largest absolute Gasteiger partial charge is 0.480 e. The van der Waals surface area contributed by atoms with Gasteiger partial charge < -0.3 is 10.8 Å². The Labute approximate surface area is 102 Å². The van der Waals surface area contributed by atoms with Crippen molar-refractivity contribution >= 4 is 5.97 Å². The lowest BCUT2D eigenvalue weighted by Crippen LogP contribution is -2.32. The van der Waals surface area contributed by atoms with Crippen molar-refractivity contribution in [1.82, 2.24) is 0 Å². The van der Waals surface area contributed by atoms with Gasteiger partial charge in [0.15, 0.2) is 0 Å². The molecule has 3 nitrogen and oxygen atoms in total. The highest BCUT2D eigenvalue weighted by Gasteiger charge is 2.18. The average molecular weight is 233 g/mol. The van der Waals surface area contributed by atoms with Gasteiger partial charge in [-0.2, -0.15) is 0 Å². The molecule has 0 amide bonds. The van der Waals surface area contributed by atoms with Gasteiger partial charge in [-0.15, -0.1) is 0 Å². The number of carboxylic acid groups (broad SMARTS) is 1. The van der Waals surface area contributed by atoms with Gasteiger partial charge in [0.05, 0.1) is 0 Å². The summed E-state index contributed by atoms with van der Waals surface area (Å²) in [4.78, 5) is 10.7. The molecule has 0 heterocycles. The number of aliphatic carboxylic acids is 1. The molecule has 0 aromatic heterocycles. The van der Waals surface area contributed by atoms with Crippen LogP contribution in [-0.2, 0) is 11.2 Å². The molecule has 1 aromatic rings. The van der Waals surface area contributed by atoms with Crippen LogP contribution in [0.1, 0.15) is 42.7 Å². The van der Waals surface area contributed by atoms with Gasteiger partial charge in [0.25, 0.3) is 0 Å². The maximum atomic E-state index is 10.7. The fraction of sp³-hybridized carbons (Fsp3) is 0.500. The van der Waals surface area contributed by atoms with E-state index in [0.29, 0.717) is 12.3 Å². The van der Waals surface area contributed by atoms with Gasteiger partial charge in [0.2, 0.25) is 0 Å². The van der Waals surface area contributed by atoms with Gasteiger partial charge in [-0.05, 0) is 36.3 Å². The zero-order valence-electron chi connectivity index (χ0n) is 9.93. The molecule has 1 aliphatic carbocycles. The van der Waals surface area contributed by atoms with E-state index in [0.717, 1.165) is 5.56 Å². The van der Waals surface area contributed by atoms with E-state index in [1.807, 2.05) is 12.1 Å². The van der Waals surface area contributed by atoms with Crippen LogP contribution in [0, 0.1) is 0 Å². The minimum absolute atomic E-state index is 0.413. The first kappa shape index (κ1) is 12.1. The highest BCUT2D eigenvalue weighted by molar-refractivity contribution is 5.73. The molecule has 0 bridgehead atoms. The molecule has 92 valence electrons. The first-order chi connectivity index (χ1) is 8.16. The molecule has 1 aromatic carbocycles. The summed E-state index contributed by atoms with van der Waals surface area (Å²) >= 11 is 0. The highest BCUT2D eigenvalue weighted by Crippen LogP contribution is 2.34. The van der Waals surface area contributed by atoms with Crippen LogP contribution in [0.15, 0.2) is 24.3 Å². The lowest BCUT2D eigenvalue weighted by Gasteiger charge is -2.12. The Balaban J connectivity index is 2.08. The van der Waals surface area contributed by atoms with Gasteiger partial charge in [0.1, 0.15) is 6.04 Å². The second-order valence-electron chi connectivity index (χ2n) is 4.88. The van der Waals surface area contributed by atoms with E-state index in [-0.39, 0.29) is 0 Å². The summed E-state index contributed by atoms with van der Waals surface area (Å²) in [5.41, 5.74) is 7.93. The molecule has 1 fully saturated rings. The zero-order chi connectivity index (χ0) is 12.3. The number of rotatable bonds is 4. The van der Waals surface area contributed by atoms with Crippen LogP contribution in [0.4, 0.5) is 0 Å². The van der Waals surface area contributed by atoms with Gasteiger partial charge in [-0.1, -0.05) is 37.1 Å². The first-order valence-electron chi connectivity index (χ1n) is 6.24. The second kappa shape index (κ2) is 5.32. The van der Waals surface area contributed by atoms with E-state index in [9.17, 15) is 4.79 Å². The van der Waals surface area contributed by atoms with Gasteiger partial charge in [-0.25, -0.2) is 0 Å². The monoisotopic (exact) mass is 233 g/mol. The maximum absolute atomic E-state index is 10.7. The van der Waals surface area contributed by atoms with Gasteiger partial charge in [-0.3, -0.25) is 4.79 Å². The van der Waals surface area contributed by atoms with Crippen LogP contribution in [0.2, 0.25) is 0 Å². The number of nitrogens with two attached hydrogens (primary N) is 1. The third kappa shape index (κ3) is 3.07. The number of benzene rings is 1. The molecular formula is C14H19NO2. The predicted octanol–water partition coefficient (Wildman–Crippen LogP) is 2.30. The van der Waals surface area contributed by atoms with Crippen molar-refractivity contribution in [2.45, 2.75) is 44.1 Å². The Bertz CT molecular complexity index is 397. The Morgan fingerprint density at radius 1 is 1.41 bits per heavy atom. The van der Waals surface area contributed by atoms with Crippen LogP contribution in [-0.4, -0.2) is 17.1 Å². The fourth-order valence-corrected chi connectivity index (χ4v) is 2.57. The number of hydrogen-bond acceptors (Lipinski definition) is 2. The van der Waals surface area contributed by atoms with E-state index in [2.05, 4.69) is 12.1 Å². The van der Waals surface area contributed by atoms with Crippen LogP contribution in [0.3, 0.4) is 0 Å². The summed E-state index contributed by atoms with van der Waals surface area (Å²) in [6.07, 6.45) is 5.55. The zero-order valence-corrected chi connectivity index (χ0v) is 9.93. The standard InChI is InChI=1S/C14H19NO2/c15-13(14(16)17)9-10-4-3-7-12(8-10)11-5-1-2-6-11/h3-4,7-8,11,13H,1-2,5-6,9,15H2,(H,16,17). The Morgan fingerprint density at radius 3 is 2.76 bits per heavy atom. The van der Waals surface area contributed by atoms with Crippen molar-refractivity contribution in [3.05, 3.63) is 35.4 Å². The third-order valence-corrected chi connectivity index (χ3v) is 3.55. The van der Waals surface area contributed by atoms with Crippen LogP contribution >= 0.6 is 0 Å². The quantitative estimate of drug-likeness (QED) is 0.838. The van der Waals surface area contributed by atoms with Crippen molar-refractivity contribution in [1.29, 1.82) is 0 Å². The van der Waals surface area contributed by atoms with Gasteiger partial charge in [0, 0.05) is 0 Å². The molecule has 0 saturated heterocycles. The van der Waals surface area contributed by atoms with E-state index < -0.39 is 12.0 Å². The highest BCUT2D eigenvalue weighted by atomic mass is 16.4. The Hall–Kier alpha value is -1.35. The van der Waals surface area contributed by atoms with Crippen LogP contribution < -0.4 is 5.73 Å². The van der Waals surface area contributed by atoms with E-state index in [4.69, 9.17) is 10.8 Å². The lowest BCUT2D eigenvalue weighted by molar-refractivity contribution is -0.138. The number of carbonyl (C=O) groups is 1. The molecule has 0 aliphatic heterocycles. The Morgan fingerprint density at radius 2 is 2.12 bits per heavy atom. The molecule has 0 radical (unpaired) electrons. The molecule has 1 unspecified atom stereocenters. The van der Waals surface area contributed by atoms with E-state index in [1.165, 1.54) is 31.2 Å². The first-order valence-corrected chi connectivity index (χ1v) is 6.24. The van der Waals surface area contributed by atoms with Crippen LogP contribution in [0.25, 0.3) is 0 Å². The van der Waals surface area contributed by atoms with Crippen LogP contribution in [0.5, 0.6) is 0 Å². The average Bonchev–Trinajstić information content (AvgIpc) is 2.82. The van der Waals surface area contributed by atoms with E-state index >= 15 is 0 Å². The molecule has 1 atom stereocenters. The summed E-state index contributed by atoms with van der Waals surface area (Å²) in [5.74, 6) is -0.271. The minimum atomic E-state index is -0.934.